The maximum atomic E-state index is 12.6. The van der Waals surface area contributed by atoms with Crippen LogP contribution in [0, 0.1) is 5.92 Å². The van der Waals surface area contributed by atoms with Crippen LogP contribution in [0.2, 0.25) is 0 Å². The van der Waals surface area contributed by atoms with Crippen LogP contribution in [-0.4, -0.2) is 81.0 Å². The molecule has 0 radical (unpaired) electrons. The molecule has 0 aliphatic rings. The zero-order valence-electron chi connectivity index (χ0n) is 19.4. The van der Waals surface area contributed by atoms with Crippen LogP contribution in [0.1, 0.15) is 32.8 Å². The molecule has 12 heteroatoms. The van der Waals surface area contributed by atoms with Gasteiger partial charge in [0, 0.05) is 0 Å². The summed E-state index contributed by atoms with van der Waals surface area (Å²) in [4.78, 5) is 48.9. The normalized spacial score (nSPS) is 15.5. The van der Waals surface area contributed by atoms with Crippen LogP contribution < -0.4 is 21.7 Å². The molecular formula is C22H34N4O8. The number of carbonyl (C=O) groups excluding carboxylic acids is 3. The van der Waals surface area contributed by atoms with E-state index in [1.165, 1.54) is 19.1 Å². The van der Waals surface area contributed by atoms with Gasteiger partial charge in [0.2, 0.25) is 17.7 Å². The Labute approximate surface area is 197 Å². The summed E-state index contributed by atoms with van der Waals surface area (Å²) >= 11 is 0. The molecule has 0 heterocycles. The van der Waals surface area contributed by atoms with E-state index in [2.05, 4.69) is 16.0 Å². The Kier molecular flexibility index (Phi) is 11.4. The summed E-state index contributed by atoms with van der Waals surface area (Å²) in [6.45, 7) is 3.96. The van der Waals surface area contributed by atoms with Gasteiger partial charge in [0.05, 0.1) is 18.8 Å². The van der Waals surface area contributed by atoms with Crippen molar-refractivity contribution < 1.29 is 39.6 Å². The van der Waals surface area contributed by atoms with Crippen molar-refractivity contribution in [2.24, 2.45) is 11.7 Å². The molecule has 1 aromatic carbocycles. The summed E-state index contributed by atoms with van der Waals surface area (Å²) in [6.07, 6.45) is -1.17. The quantitative estimate of drug-likeness (QED) is 0.159. The highest BCUT2D eigenvalue weighted by Crippen LogP contribution is 2.11. The number of benzene rings is 1. The van der Waals surface area contributed by atoms with Crippen molar-refractivity contribution in [1.29, 1.82) is 0 Å². The largest absolute Gasteiger partial charge is 0.508 e. The molecule has 34 heavy (non-hydrogen) atoms. The lowest BCUT2D eigenvalue weighted by Gasteiger charge is -2.26. The fourth-order valence-electron chi connectivity index (χ4n) is 3.06. The number of nitrogens with one attached hydrogen (secondary N) is 3. The number of aromatic hydroxyl groups is 1. The first-order chi connectivity index (χ1) is 15.8. The number of rotatable bonds is 13. The zero-order chi connectivity index (χ0) is 26.0. The maximum Gasteiger partial charge on any atom is 0.326 e. The summed E-state index contributed by atoms with van der Waals surface area (Å²) in [5.41, 5.74) is 6.52. The van der Waals surface area contributed by atoms with Gasteiger partial charge >= 0.3 is 5.97 Å². The standard InChI is InChI=1S/C22H34N4O8/c1-11(2)8-16(22(33)34)24-21(32)18(12(3)28)26-20(31)17(10-27)25-19(30)15(23)9-13-4-6-14(29)7-5-13/h4-7,11-12,15-18,27-29H,8-10,23H2,1-3H3,(H,24,32)(H,25,30)(H,26,31)(H,33,34). The number of hydrogen-bond donors (Lipinski definition) is 8. The van der Waals surface area contributed by atoms with Gasteiger partial charge in [0.1, 0.15) is 23.9 Å². The summed E-state index contributed by atoms with van der Waals surface area (Å²) in [5.74, 6) is -3.90. The van der Waals surface area contributed by atoms with E-state index < -0.39 is 60.6 Å². The highest BCUT2D eigenvalue weighted by Gasteiger charge is 2.32. The van der Waals surface area contributed by atoms with Crippen molar-refractivity contribution in [3.8, 4) is 5.75 Å². The third-order valence-corrected chi connectivity index (χ3v) is 4.93. The van der Waals surface area contributed by atoms with Gasteiger partial charge in [0.15, 0.2) is 0 Å². The van der Waals surface area contributed by atoms with E-state index in [4.69, 9.17) is 5.73 Å². The van der Waals surface area contributed by atoms with Crippen molar-refractivity contribution in [2.45, 2.75) is 63.9 Å². The van der Waals surface area contributed by atoms with Gasteiger partial charge in [0.25, 0.3) is 0 Å². The molecule has 3 amide bonds. The predicted octanol–water partition coefficient (Wildman–Crippen LogP) is -1.78. The minimum Gasteiger partial charge on any atom is -0.508 e. The lowest BCUT2D eigenvalue weighted by atomic mass is 10.0. The first-order valence-corrected chi connectivity index (χ1v) is 10.8. The molecule has 0 saturated carbocycles. The Morgan fingerprint density at radius 2 is 1.47 bits per heavy atom. The summed E-state index contributed by atoms with van der Waals surface area (Å²) in [5, 5.41) is 44.9. The fourth-order valence-corrected chi connectivity index (χ4v) is 3.06. The number of carboxylic acid groups (broad SMARTS) is 1. The Morgan fingerprint density at radius 1 is 0.912 bits per heavy atom. The third kappa shape index (κ3) is 9.33. The number of carboxylic acids is 1. The first kappa shape index (κ1) is 28.8. The van der Waals surface area contributed by atoms with Crippen LogP contribution in [0.25, 0.3) is 0 Å². The Bertz CT molecular complexity index is 844. The number of phenolic OH excluding ortho intramolecular Hbond substituents is 1. The van der Waals surface area contributed by atoms with E-state index in [-0.39, 0.29) is 24.5 Å². The molecule has 1 rings (SSSR count). The second-order valence-corrected chi connectivity index (χ2v) is 8.48. The minimum atomic E-state index is -1.53. The Balaban J connectivity index is 2.80. The molecule has 9 N–H and O–H groups in total. The van der Waals surface area contributed by atoms with Gasteiger partial charge < -0.3 is 42.1 Å². The molecule has 0 aromatic heterocycles. The first-order valence-electron chi connectivity index (χ1n) is 10.8. The van der Waals surface area contributed by atoms with E-state index in [0.29, 0.717) is 5.56 Å². The van der Waals surface area contributed by atoms with Gasteiger partial charge in [-0.1, -0.05) is 26.0 Å². The molecule has 5 unspecified atom stereocenters. The Hall–Kier alpha value is -3.22. The number of hydrogen-bond acceptors (Lipinski definition) is 8. The van der Waals surface area contributed by atoms with Crippen LogP contribution in [0.4, 0.5) is 0 Å². The minimum absolute atomic E-state index is 0.0410. The summed E-state index contributed by atoms with van der Waals surface area (Å²) in [6, 6.07) is 0.716. The smallest absolute Gasteiger partial charge is 0.326 e. The molecule has 0 saturated heterocycles. The monoisotopic (exact) mass is 482 g/mol. The Morgan fingerprint density at radius 3 is 1.94 bits per heavy atom. The van der Waals surface area contributed by atoms with E-state index in [1.807, 2.05) is 0 Å². The zero-order valence-corrected chi connectivity index (χ0v) is 19.4. The molecule has 1 aromatic rings. The third-order valence-electron chi connectivity index (χ3n) is 4.93. The number of amides is 3. The molecule has 0 spiro atoms. The van der Waals surface area contributed by atoms with Crippen LogP contribution in [0.3, 0.4) is 0 Å². The van der Waals surface area contributed by atoms with Gasteiger partial charge in [-0.2, -0.15) is 0 Å². The van der Waals surface area contributed by atoms with E-state index in [0.717, 1.165) is 0 Å². The predicted molar refractivity (Wildman–Crippen MR) is 121 cm³/mol. The van der Waals surface area contributed by atoms with Crippen LogP contribution in [0.5, 0.6) is 5.75 Å². The van der Waals surface area contributed by atoms with Crippen molar-refractivity contribution in [1.82, 2.24) is 16.0 Å². The number of phenols is 1. The molecule has 5 atom stereocenters. The lowest BCUT2D eigenvalue weighted by molar-refractivity contribution is -0.143. The highest BCUT2D eigenvalue weighted by atomic mass is 16.4. The van der Waals surface area contributed by atoms with E-state index in [1.54, 1.807) is 26.0 Å². The molecule has 0 bridgehead atoms. The maximum absolute atomic E-state index is 12.6. The molecule has 0 fully saturated rings. The second kappa shape index (κ2) is 13.5. The molecule has 0 aliphatic heterocycles. The topological polar surface area (TPSA) is 211 Å². The lowest BCUT2D eigenvalue weighted by Crippen LogP contribution is -2.60. The summed E-state index contributed by atoms with van der Waals surface area (Å²) < 4.78 is 0. The molecule has 12 nitrogen and oxygen atoms in total. The number of aliphatic hydroxyl groups is 2. The van der Waals surface area contributed by atoms with Gasteiger partial charge in [-0.15, -0.1) is 0 Å². The van der Waals surface area contributed by atoms with Crippen LogP contribution >= 0.6 is 0 Å². The number of aliphatic hydroxyl groups excluding tert-OH is 2. The number of aliphatic carboxylic acids is 1. The fraction of sp³-hybridized carbons (Fsp3) is 0.545. The van der Waals surface area contributed by atoms with Crippen molar-refractivity contribution in [3.05, 3.63) is 29.8 Å². The average molecular weight is 483 g/mol. The number of carbonyl (C=O) groups is 4. The molecular weight excluding hydrogens is 448 g/mol. The van der Waals surface area contributed by atoms with Crippen LogP contribution in [-0.2, 0) is 25.6 Å². The summed E-state index contributed by atoms with van der Waals surface area (Å²) in [7, 11) is 0. The SMILES string of the molecule is CC(C)CC(NC(=O)C(NC(=O)C(CO)NC(=O)C(N)Cc1ccc(O)cc1)C(C)O)C(=O)O. The molecule has 190 valence electrons. The van der Waals surface area contributed by atoms with Gasteiger partial charge in [-0.3, -0.25) is 14.4 Å². The van der Waals surface area contributed by atoms with Crippen molar-refractivity contribution >= 4 is 23.7 Å². The average Bonchev–Trinajstić information content (AvgIpc) is 2.75. The highest BCUT2D eigenvalue weighted by molar-refractivity contribution is 5.94. The van der Waals surface area contributed by atoms with Crippen LogP contribution in [0.15, 0.2) is 24.3 Å². The molecule has 0 aliphatic carbocycles. The van der Waals surface area contributed by atoms with E-state index in [9.17, 15) is 39.6 Å². The van der Waals surface area contributed by atoms with Gasteiger partial charge in [-0.05, 0) is 43.4 Å². The van der Waals surface area contributed by atoms with Crippen molar-refractivity contribution in [2.75, 3.05) is 6.61 Å². The second-order valence-electron chi connectivity index (χ2n) is 8.48. The van der Waals surface area contributed by atoms with Gasteiger partial charge in [-0.25, -0.2) is 4.79 Å². The van der Waals surface area contributed by atoms with E-state index >= 15 is 0 Å². The van der Waals surface area contributed by atoms with Crippen molar-refractivity contribution in [3.63, 3.8) is 0 Å². The number of nitrogens with two attached hydrogens (primary N) is 1.